The third-order valence-corrected chi connectivity index (χ3v) is 5.98. The maximum atomic E-state index is 12.4. The van der Waals surface area contributed by atoms with Gasteiger partial charge in [0.25, 0.3) is 5.91 Å². The van der Waals surface area contributed by atoms with Gasteiger partial charge < -0.3 is 14.0 Å². The number of nitrogens with zero attached hydrogens (tertiary/aromatic N) is 3. The van der Waals surface area contributed by atoms with Gasteiger partial charge in [0.15, 0.2) is 27.3 Å². The summed E-state index contributed by atoms with van der Waals surface area (Å²) in [6.45, 7) is 3.17. The number of carbonyl (C=O) groups excluding carboxylic acids is 1. The number of ether oxygens (including phenoxy) is 2. The lowest BCUT2D eigenvalue weighted by atomic mass is 10.1. The van der Waals surface area contributed by atoms with E-state index < -0.39 is 5.91 Å². The lowest BCUT2D eigenvalue weighted by molar-refractivity contribution is 0.101. The first-order valence-electron chi connectivity index (χ1n) is 8.87. The van der Waals surface area contributed by atoms with E-state index in [4.69, 9.17) is 14.0 Å². The first-order valence-corrected chi connectivity index (χ1v) is 10.7. The number of aromatic nitrogens is 3. The standard InChI is InChI=1S/C18H18N4O4S2/c1-2-3-8-27-18-21-20-17(28-18)19-16(23)12-10-14(26-22-12)11-4-5-13-15(9-11)25-7-6-24-13/h4-5,9-10H,2-3,6-8H2,1H3,(H,19,20,23). The third kappa shape index (κ3) is 4.28. The van der Waals surface area contributed by atoms with Crippen molar-refractivity contribution in [3.05, 3.63) is 30.0 Å². The zero-order valence-corrected chi connectivity index (χ0v) is 16.8. The Morgan fingerprint density at radius 3 is 2.93 bits per heavy atom. The van der Waals surface area contributed by atoms with Crippen LogP contribution in [0.3, 0.4) is 0 Å². The molecule has 0 atom stereocenters. The fraction of sp³-hybridized carbons (Fsp3) is 0.333. The van der Waals surface area contributed by atoms with Gasteiger partial charge in [0.1, 0.15) is 13.2 Å². The molecule has 4 rings (SSSR count). The van der Waals surface area contributed by atoms with Gasteiger partial charge in [-0.25, -0.2) is 0 Å². The average molecular weight is 419 g/mol. The molecule has 0 radical (unpaired) electrons. The van der Waals surface area contributed by atoms with Crippen LogP contribution in [0.1, 0.15) is 30.3 Å². The molecular formula is C18H18N4O4S2. The highest BCUT2D eigenvalue weighted by Crippen LogP contribution is 2.34. The van der Waals surface area contributed by atoms with E-state index in [9.17, 15) is 4.79 Å². The van der Waals surface area contributed by atoms with E-state index in [0.29, 0.717) is 35.6 Å². The topological polar surface area (TPSA) is 99.4 Å². The van der Waals surface area contributed by atoms with Gasteiger partial charge in [0.05, 0.1) is 0 Å². The van der Waals surface area contributed by atoms with Crippen LogP contribution in [-0.4, -0.2) is 40.2 Å². The van der Waals surface area contributed by atoms with Crippen LogP contribution in [0.25, 0.3) is 11.3 Å². The van der Waals surface area contributed by atoms with Crippen molar-refractivity contribution in [2.24, 2.45) is 0 Å². The molecule has 1 N–H and O–H groups in total. The maximum Gasteiger partial charge on any atom is 0.279 e. The second kappa shape index (κ2) is 8.61. The van der Waals surface area contributed by atoms with Crippen molar-refractivity contribution < 1.29 is 18.8 Å². The van der Waals surface area contributed by atoms with Gasteiger partial charge in [-0.2, -0.15) is 0 Å². The van der Waals surface area contributed by atoms with Gasteiger partial charge in [0, 0.05) is 17.4 Å². The molecule has 3 aromatic rings. The number of benzene rings is 1. The van der Waals surface area contributed by atoms with Gasteiger partial charge in [-0.1, -0.05) is 41.6 Å². The number of rotatable bonds is 7. The molecule has 1 aliphatic heterocycles. The maximum absolute atomic E-state index is 12.4. The van der Waals surface area contributed by atoms with Crippen molar-refractivity contribution >= 4 is 34.1 Å². The fourth-order valence-corrected chi connectivity index (χ4v) is 4.40. The van der Waals surface area contributed by atoms with Crippen LogP contribution in [0.15, 0.2) is 33.1 Å². The zero-order chi connectivity index (χ0) is 19.3. The number of carbonyl (C=O) groups is 1. The number of thioether (sulfide) groups is 1. The molecule has 1 amide bonds. The highest BCUT2D eigenvalue weighted by Gasteiger charge is 2.18. The largest absolute Gasteiger partial charge is 0.486 e. The summed E-state index contributed by atoms with van der Waals surface area (Å²) in [5.41, 5.74) is 0.918. The molecule has 0 saturated heterocycles. The Hall–Kier alpha value is -2.59. The molecule has 0 saturated carbocycles. The lowest BCUT2D eigenvalue weighted by Gasteiger charge is -2.18. The first-order chi connectivity index (χ1) is 13.7. The summed E-state index contributed by atoms with van der Waals surface area (Å²) in [5.74, 6) is 2.40. The summed E-state index contributed by atoms with van der Waals surface area (Å²) >= 11 is 2.98. The average Bonchev–Trinajstić information content (AvgIpc) is 3.38. The first kappa shape index (κ1) is 18.8. The molecule has 1 aliphatic rings. The van der Waals surface area contributed by atoms with Crippen LogP contribution < -0.4 is 14.8 Å². The number of anilines is 1. The Kier molecular flexibility index (Phi) is 5.77. The van der Waals surface area contributed by atoms with Crippen LogP contribution >= 0.6 is 23.1 Å². The number of unbranched alkanes of at least 4 members (excludes halogenated alkanes) is 1. The molecular weight excluding hydrogens is 400 g/mol. The molecule has 0 aliphatic carbocycles. The van der Waals surface area contributed by atoms with E-state index in [1.807, 2.05) is 12.1 Å². The Bertz CT molecular complexity index is 972. The minimum absolute atomic E-state index is 0.167. The second-order valence-corrected chi connectivity index (χ2v) is 8.28. The predicted octanol–water partition coefficient (Wildman–Crippen LogP) is 4.11. The highest BCUT2D eigenvalue weighted by molar-refractivity contribution is 8.01. The predicted molar refractivity (Wildman–Crippen MR) is 106 cm³/mol. The smallest absolute Gasteiger partial charge is 0.279 e. The van der Waals surface area contributed by atoms with Crippen molar-refractivity contribution in [3.63, 3.8) is 0 Å². The molecule has 0 bridgehead atoms. The summed E-state index contributed by atoms with van der Waals surface area (Å²) in [6, 6.07) is 7.03. The molecule has 0 spiro atoms. The minimum atomic E-state index is -0.395. The van der Waals surface area contributed by atoms with Crippen molar-refractivity contribution in [3.8, 4) is 22.8 Å². The molecule has 2 aromatic heterocycles. The normalized spacial score (nSPS) is 12.8. The molecule has 0 unspecified atom stereocenters. The molecule has 3 heterocycles. The molecule has 146 valence electrons. The fourth-order valence-electron chi connectivity index (χ4n) is 2.50. The third-order valence-electron chi connectivity index (χ3n) is 3.92. The molecule has 8 nitrogen and oxygen atoms in total. The van der Waals surface area contributed by atoms with Crippen LogP contribution in [0.5, 0.6) is 11.5 Å². The van der Waals surface area contributed by atoms with Gasteiger partial charge in [-0.15, -0.1) is 10.2 Å². The summed E-state index contributed by atoms with van der Waals surface area (Å²) in [7, 11) is 0. The van der Waals surface area contributed by atoms with Gasteiger partial charge in [-0.3, -0.25) is 10.1 Å². The number of hydrogen-bond donors (Lipinski definition) is 1. The molecule has 10 heteroatoms. The van der Waals surface area contributed by atoms with Crippen molar-refractivity contribution in [2.75, 3.05) is 24.3 Å². The van der Waals surface area contributed by atoms with E-state index in [1.54, 1.807) is 23.9 Å². The van der Waals surface area contributed by atoms with E-state index in [2.05, 4.69) is 27.6 Å². The molecule has 0 fully saturated rings. The van der Waals surface area contributed by atoms with E-state index >= 15 is 0 Å². The number of nitrogens with one attached hydrogen (secondary N) is 1. The second-order valence-electron chi connectivity index (χ2n) is 5.96. The van der Waals surface area contributed by atoms with Crippen molar-refractivity contribution in [1.29, 1.82) is 0 Å². The number of amides is 1. The molecule has 28 heavy (non-hydrogen) atoms. The summed E-state index contributed by atoms with van der Waals surface area (Å²) < 4.78 is 17.2. The van der Waals surface area contributed by atoms with E-state index in [0.717, 1.165) is 28.5 Å². The summed E-state index contributed by atoms with van der Waals surface area (Å²) in [6.07, 6.45) is 2.25. The summed E-state index contributed by atoms with van der Waals surface area (Å²) in [5, 5.41) is 15.1. The highest BCUT2D eigenvalue weighted by atomic mass is 32.2. The van der Waals surface area contributed by atoms with Gasteiger partial charge >= 0.3 is 0 Å². The van der Waals surface area contributed by atoms with E-state index in [-0.39, 0.29) is 5.69 Å². The van der Waals surface area contributed by atoms with Crippen molar-refractivity contribution in [1.82, 2.24) is 15.4 Å². The van der Waals surface area contributed by atoms with Gasteiger partial charge in [0.2, 0.25) is 5.13 Å². The van der Waals surface area contributed by atoms with E-state index in [1.165, 1.54) is 11.3 Å². The van der Waals surface area contributed by atoms with Crippen LogP contribution in [0.2, 0.25) is 0 Å². The number of hydrogen-bond acceptors (Lipinski definition) is 9. The Balaban J connectivity index is 1.42. The Labute approximate surface area is 169 Å². The van der Waals surface area contributed by atoms with Gasteiger partial charge in [-0.05, 0) is 24.6 Å². The van der Waals surface area contributed by atoms with Crippen LogP contribution in [-0.2, 0) is 0 Å². The minimum Gasteiger partial charge on any atom is -0.486 e. The lowest BCUT2D eigenvalue weighted by Crippen LogP contribution is -2.15. The SMILES string of the molecule is CCCCSc1nnc(NC(=O)c2cc(-c3ccc4c(c3)OCCO4)on2)s1. The molecule has 1 aromatic carbocycles. The zero-order valence-electron chi connectivity index (χ0n) is 15.1. The van der Waals surface area contributed by atoms with Crippen LogP contribution in [0, 0.1) is 0 Å². The quantitative estimate of drug-likeness (QED) is 0.348. The van der Waals surface area contributed by atoms with Crippen LogP contribution in [0.4, 0.5) is 5.13 Å². The van der Waals surface area contributed by atoms with Crippen molar-refractivity contribution in [2.45, 2.75) is 24.1 Å². The summed E-state index contributed by atoms with van der Waals surface area (Å²) in [4.78, 5) is 12.4. The Morgan fingerprint density at radius 2 is 2.07 bits per heavy atom. The Morgan fingerprint density at radius 1 is 1.21 bits per heavy atom. The number of fused-ring (bicyclic) bond motifs is 1. The monoisotopic (exact) mass is 418 g/mol.